The molecule has 2 amide bonds. The highest BCUT2D eigenvalue weighted by Gasteiger charge is 2.28. The van der Waals surface area contributed by atoms with Gasteiger partial charge in [0.1, 0.15) is 11.6 Å². The predicted octanol–water partition coefficient (Wildman–Crippen LogP) is 3.13. The van der Waals surface area contributed by atoms with E-state index in [1.165, 1.54) is 24.3 Å². The average Bonchev–Trinajstić information content (AvgIpc) is 2.67. The molecule has 0 bridgehead atoms. The highest BCUT2D eigenvalue weighted by Crippen LogP contribution is 2.20. The Hall–Kier alpha value is -2.76. The Bertz CT molecular complexity index is 785. The van der Waals surface area contributed by atoms with Crippen LogP contribution >= 0.6 is 0 Å². The molecule has 4 nitrogen and oxygen atoms in total. The average molecular weight is 358 g/mol. The van der Waals surface area contributed by atoms with E-state index in [1.807, 2.05) is 0 Å². The lowest BCUT2D eigenvalue weighted by atomic mass is 9.95. The maximum atomic E-state index is 13.8. The first-order valence-electron chi connectivity index (χ1n) is 8.60. The molecule has 0 atom stereocenters. The zero-order valence-corrected chi connectivity index (χ0v) is 14.3. The monoisotopic (exact) mass is 358 g/mol. The van der Waals surface area contributed by atoms with Gasteiger partial charge in [0.2, 0.25) is 5.91 Å². The minimum Gasteiger partial charge on any atom is -0.352 e. The number of carbonyl (C=O) groups excluding carboxylic acids is 2. The van der Waals surface area contributed by atoms with E-state index >= 15 is 0 Å². The number of benzene rings is 2. The molecule has 26 heavy (non-hydrogen) atoms. The van der Waals surface area contributed by atoms with E-state index in [1.54, 1.807) is 29.2 Å². The lowest BCUT2D eigenvalue weighted by molar-refractivity contribution is -0.126. The Morgan fingerprint density at radius 3 is 2.31 bits per heavy atom. The normalized spacial score (nSPS) is 14.9. The Kier molecular flexibility index (Phi) is 5.61. The Labute approximate surface area is 150 Å². The molecule has 0 radical (unpaired) electrons. The molecule has 1 saturated heterocycles. The van der Waals surface area contributed by atoms with Crippen LogP contribution in [0.25, 0.3) is 0 Å². The van der Waals surface area contributed by atoms with Gasteiger partial charge in [-0.1, -0.05) is 24.3 Å². The summed E-state index contributed by atoms with van der Waals surface area (Å²) in [7, 11) is 0. The highest BCUT2D eigenvalue weighted by molar-refractivity contribution is 5.94. The van der Waals surface area contributed by atoms with Gasteiger partial charge in [-0.05, 0) is 42.7 Å². The van der Waals surface area contributed by atoms with Crippen molar-refractivity contribution in [1.29, 1.82) is 0 Å². The predicted molar refractivity (Wildman–Crippen MR) is 93.3 cm³/mol. The van der Waals surface area contributed by atoms with Crippen LogP contribution in [0.1, 0.15) is 28.8 Å². The van der Waals surface area contributed by atoms with Crippen LogP contribution in [-0.2, 0) is 11.3 Å². The minimum absolute atomic E-state index is 0.0618. The number of hydrogen-bond acceptors (Lipinski definition) is 2. The van der Waals surface area contributed by atoms with E-state index in [-0.39, 0.29) is 29.1 Å². The zero-order valence-electron chi connectivity index (χ0n) is 14.3. The quantitative estimate of drug-likeness (QED) is 0.913. The molecule has 0 aliphatic carbocycles. The molecule has 0 aromatic heterocycles. The summed E-state index contributed by atoms with van der Waals surface area (Å²) in [6, 6.07) is 11.9. The van der Waals surface area contributed by atoms with E-state index < -0.39 is 5.82 Å². The third-order valence-corrected chi connectivity index (χ3v) is 4.64. The van der Waals surface area contributed by atoms with Crippen molar-refractivity contribution in [3.05, 3.63) is 71.3 Å². The number of carbonyl (C=O) groups is 2. The SMILES string of the molecule is O=C(NCc1ccc(F)cc1)C1CCN(C(=O)c2ccccc2F)CC1. The minimum atomic E-state index is -0.531. The van der Waals surface area contributed by atoms with Crippen LogP contribution in [0.4, 0.5) is 8.78 Å². The molecular weight excluding hydrogens is 338 g/mol. The van der Waals surface area contributed by atoms with Crippen molar-refractivity contribution in [2.75, 3.05) is 13.1 Å². The number of nitrogens with zero attached hydrogens (tertiary/aromatic N) is 1. The van der Waals surface area contributed by atoms with Crippen LogP contribution < -0.4 is 5.32 Å². The van der Waals surface area contributed by atoms with Gasteiger partial charge >= 0.3 is 0 Å². The first-order chi connectivity index (χ1) is 12.5. The number of rotatable bonds is 4. The molecule has 2 aromatic carbocycles. The number of amides is 2. The fourth-order valence-electron chi connectivity index (χ4n) is 3.09. The van der Waals surface area contributed by atoms with Crippen LogP contribution in [0.15, 0.2) is 48.5 Å². The third-order valence-electron chi connectivity index (χ3n) is 4.64. The van der Waals surface area contributed by atoms with E-state index in [0.717, 1.165) is 5.56 Å². The molecule has 0 unspecified atom stereocenters. The molecule has 0 saturated carbocycles. The Morgan fingerprint density at radius 1 is 1.00 bits per heavy atom. The third kappa shape index (κ3) is 4.25. The highest BCUT2D eigenvalue weighted by atomic mass is 19.1. The Balaban J connectivity index is 1.50. The summed E-state index contributed by atoms with van der Waals surface area (Å²) in [6.07, 6.45) is 1.07. The van der Waals surface area contributed by atoms with E-state index in [4.69, 9.17) is 0 Å². The van der Waals surface area contributed by atoms with Crippen molar-refractivity contribution in [3.63, 3.8) is 0 Å². The van der Waals surface area contributed by atoms with Gasteiger partial charge in [0, 0.05) is 25.6 Å². The maximum absolute atomic E-state index is 13.8. The maximum Gasteiger partial charge on any atom is 0.256 e. The molecule has 3 rings (SSSR count). The molecule has 6 heteroatoms. The number of nitrogens with one attached hydrogen (secondary N) is 1. The lowest BCUT2D eigenvalue weighted by Crippen LogP contribution is -2.43. The lowest BCUT2D eigenvalue weighted by Gasteiger charge is -2.31. The first kappa shape index (κ1) is 18.0. The van der Waals surface area contributed by atoms with Crippen LogP contribution in [-0.4, -0.2) is 29.8 Å². The molecule has 1 fully saturated rings. The fraction of sp³-hybridized carbons (Fsp3) is 0.300. The molecular formula is C20H20F2N2O2. The second kappa shape index (κ2) is 8.08. The number of piperidine rings is 1. The van der Waals surface area contributed by atoms with Crippen molar-refractivity contribution in [2.45, 2.75) is 19.4 Å². The standard InChI is InChI=1S/C20H20F2N2O2/c21-16-7-5-14(6-8-16)13-23-19(25)15-9-11-24(12-10-15)20(26)17-3-1-2-4-18(17)22/h1-8,15H,9-13H2,(H,23,25). The molecule has 1 heterocycles. The summed E-state index contributed by atoms with van der Waals surface area (Å²) < 4.78 is 26.6. The molecule has 2 aromatic rings. The summed E-state index contributed by atoms with van der Waals surface area (Å²) in [5, 5.41) is 2.85. The second-order valence-corrected chi connectivity index (χ2v) is 6.39. The van der Waals surface area contributed by atoms with Gasteiger partial charge in [-0.3, -0.25) is 9.59 Å². The van der Waals surface area contributed by atoms with Crippen molar-refractivity contribution in [1.82, 2.24) is 10.2 Å². The van der Waals surface area contributed by atoms with Crippen molar-refractivity contribution < 1.29 is 18.4 Å². The summed E-state index contributed by atoms with van der Waals surface area (Å²) in [4.78, 5) is 26.3. The molecule has 136 valence electrons. The van der Waals surface area contributed by atoms with Crippen LogP contribution in [0.5, 0.6) is 0 Å². The van der Waals surface area contributed by atoms with Gasteiger partial charge in [0.05, 0.1) is 5.56 Å². The van der Waals surface area contributed by atoms with Crippen LogP contribution in [0, 0.1) is 17.6 Å². The number of likely N-dealkylation sites (tertiary alicyclic amines) is 1. The number of halogens is 2. The Morgan fingerprint density at radius 2 is 1.65 bits per heavy atom. The molecule has 0 spiro atoms. The molecule has 1 aliphatic rings. The van der Waals surface area contributed by atoms with E-state index in [9.17, 15) is 18.4 Å². The van der Waals surface area contributed by atoms with E-state index in [2.05, 4.69) is 5.32 Å². The van der Waals surface area contributed by atoms with Crippen molar-refractivity contribution in [2.24, 2.45) is 5.92 Å². The number of hydrogen-bond donors (Lipinski definition) is 1. The summed E-state index contributed by atoms with van der Waals surface area (Å²) in [6.45, 7) is 1.18. The van der Waals surface area contributed by atoms with Crippen molar-refractivity contribution in [3.8, 4) is 0 Å². The van der Waals surface area contributed by atoms with Crippen LogP contribution in [0.2, 0.25) is 0 Å². The van der Waals surface area contributed by atoms with Gasteiger partial charge in [-0.25, -0.2) is 8.78 Å². The van der Waals surface area contributed by atoms with Crippen LogP contribution in [0.3, 0.4) is 0 Å². The largest absolute Gasteiger partial charge is 0.352 e. The second-order valence-electron chi connectivity index (χ2n) is 6.39. The van der Waals surface area contributed by atoms with Gasteiger partial charge in [0.25, 0.3) is 5.91 Å². The van der Waals surface area contributed by atoms with Gasteiger partial charge < -0.3 is 10.2 Å². The smallest absolute Gasteiger partial charge is 0.256 e. The summed E-state index contributed by atoms with van der Waals surface area (Å²) >= 11 is 0. The first-order valence-corrected chi connectivity index (χ1v) is 8.60. The molecule has 1 aliphatic heterocycles. The van der Waals surface area contributed by atoms with E-state index in [0.29, 0.717) is 32.5 Å². The zero-order chi connectivity index (χ0) is 18.5. The molecule has 1 N–H and O–H groups in total. The van der Waals surface area contributed by atoms with Gasteiger partial charge in [0.15, 0.2) is 0 Å². The van der Waals surface area contributed by atoms with Gasteiger partial charge in [-0.15, -0.1) is 0 Å². The van der Waals surface area contributed by atoms with Gasteiger partial charge in [-0.2, -0.15) is 0 Å². The van der Waals surface area contributed by atoms with Crippen molar-refractivity contribution >= 4 is 11.8 Å². The fourth-order valence-corrected chi connectivity index (χ4v) is 3.09. The summed E-state index contributed by atoms with van der Waals surface area (Å²) in [5.41, 5.74) is 0.888. The summed E-state index contributed by atoms with van der Waals surface area (Å²) in [5.74, 6) is -1.44. The topological polar surface area (TPSA) is 49.4 Å².